The van der Waals surface area contributed by atoms with Crippen LogP contribution in [0.3, 0.4) is 0 Å². The van der Waals surface area contributed by atoms with E-state index in [1.165, 1.54) is 11.0 Å². The summed E-state index contributed by atoms with van der Waals surface area (Å²) < 4.78 is 39.6. The van der Waals surface area contributed by atoms with Gasteiger partial charge in [0.2, 0.25) is 0 Å². The molecule has 0 spiro atoms. The predicted molar refractivity (Wildman–Crippen MR) is 125 cm³/mol. The Hall–Kier alpha value is -3.52. The molecule has 0 radical (unpaired) electrons. The number of rotatable bonds is 8. The average Bonchev–Trinajstić information content (AvgIpc) is 3.23. The molecule has 0 aliphatic rings. The summed E-state index contributed by atoms with van der Waals surface area (Å²) in [6, 6.07) is 16.4. The lowest BCUT2D eigenvalue weighted by Gasteiger charge is -2.21. The summed E-state index contributed by atoms with van der Waals surface area (Å²) in [6.45, 7) is 4.79. The van der Waals surface area contributed by atoms with Gasteiger partial charge in [0.05, 0.1) is 24.5 Å². The first-order valence-electron chi connectivity index (χ1n) is 10.5. The quantitative estimate of drug-likeness (QED) is 0.308. The molecule has 33 heavy (non-hydrogen) atoms. The number of hydrogen-bond donors (Lipinski definition) is 0. The SMILES string of the molecule is CCOc1ccc(C(=O)N(Cc2ccccc2)c2nc3c(F)cc(F)cc3s2)cc1OCC. The van der Waals surface area contributed by atoms with Gasteiger partial charge in [0.15, 0.2) is 22.4 Å². The van der Waals surface area contributed by atoms with Gasteiger partial charge in [-0.1, -0.05) is 41.7 Å². The molecule has 170 valence electrons. The van der Waals surface area contributed by atoms with Crippen molar-refractivity contribution < 1.29 is 23.0 Å². The van der Waals surface area contributed by atoms with E-state index in [1.54, 1.807) is 18.2 Å². The van der Waals surface area contributed by atoms with Crippen LogP contribution in [0.5, 0.6) is 11.5 Å². The van der Waals surface area contributed by atoms with E-state index in [4.69, 9.17) is 9.47 Å². The van der Waals surface area contributed by atoms with Crippen LogP contribution in [-0.2, 0) is 6.54 Å². The molecule has 0 saturated carbocycles. The molecule has 0 atom stereocenters. The highest BCUT2D eigenvalue weighted by Crippen LogP contribution is 2.34. The number of carbonyl (C=O) groups is 1. The number of benzene rings is 3. The Morgan fingerprint density at radius 2 is 1.70 bits per heavy atom. The maximum absolute atomic E-state index is 14.3. The van der Waals surface area contributed by atoms with Crippen LogP contribution < -0.4 is 14.4 Å². The van der Waals surface area contributed by atoms with Crippen LogP contribution in [0.2, 0.25) is 0 Å². The summed E-state index contributed by atoms with van der Waals surface area (Å²) in [5.74, 6) is -0.795. The highest BCUT2D eigenvalue weighted by Gasteiger charge is 2.24. The molecule has 4 rings (SSSR count). The molecule has 1 aromatic heterocycles. The Bertz CT molecular complexity index is 1280. The van der Waals surface area contributed by atoms with E-state index < -0.39 is 11.6 Å². The molecule has 0 aliphatic heterocycles. The topological polar surface area (TPSA) is 51.7 Å². The summed E-state index contributed by atoms with van der Waals surface area (Å²) in [4.78, 5) is 19.4. The zero-order chi connectivity index (χ0) is 23.4. The minimum atomic E-state index is -0.765. The molecule has 1 heterocycles. The molecule has 5 nitrogen and oxygen atoms in total. The second-order valence-electron chi connectivity index (χ2n) is 7.14. The highest BCUT2D eigenvalue weighted by atomic mass is 32.1. The van der Waals surface area contributed by atoms with E-state index in [9.17, 15) is 13.6 Å². The molecule has 0 unspecified atom stereocenters. The Morgan fingerprint density at radius 3 is 2.42 bits per heavy atom. The Morgan fingerprint density at radius 1 is 0.970 bits per heavy atom. The Balaban J connectivity index is 1.77. The van der Waals surface area contributed by atoms with Gasteiger partial charge in [-0.25, -0.2) is 13.8 Å². The molecule has 0 fully saturated rings. The van der Waals surface area contributed by atoms with Gasteiger partial charge in [-0.3, -0.25) is 9.69 Å². The third-order valence-corrected chi connectivity index (χ3v) is 5.88. The number of ether oxygens (including phenoxy) is 2. The number of hydrogen-bond acceptors (Lipinski definition) is 5. The number of fused-ring (bicyclic) bond motifs is 1. The van der Waals surface area contributed by atoms with Crippen molar-refractivity contribution >= 4 is 32.6 Å². The van der Waals surface area contributed by atoms with Gasteiger partial charge >= 0.3 is 0 Å². The van der Waals surface area contributed by atoms with Crippen LogP contribution in [0.15, 0.2) is 60.7 Å². The zero-order valence-corrected chi connectivity index (χ0v) is 19.0. The van der Waals surface area contributed by atoms with Gasteiger partial charge in [0.1, 0.15) is 11.3 Å². The lowest BCUT2D eigenvalue weighted by Crippen LogP contribution is -2.30. The van der Waals surface area contributed by atoms with Crippen LogP contribution >= 0.6 is 11.3 Å². The molecular formula is C25H22F2N2O3S. The summed E-state index contributed by atoms with van der Waals surface area (Å²) in [5.41, 5.74) is 1.26. The van der Waals surface area contributed by atoms with Crippen LogP contribution in [0.4, 0.5) is 13.9 Å². The fourth-order valence-electron chi connectivity index (χ4n) is 3.39. The first kappa shape index (κ1) is 22.7. The van der Waals surface area contributed by atoms with E-state index in [2.05, 4.69) is 4.98 Å². The van der Waals surface area contributed by atoms with Crippen molar-refractivity contribution in [1.82, 2.24) is 4.98 Å². The lowest BCUT2D eigenvalue weighted by molar-refractivity contribution is 0.0984. The predicted octanol–water partition coefficient (Wildman–Crippen LogP) is 6.22. The minimum Gasteiger partial charge on any atom is -0.490 e. The second kappa shape index (κ2) is 9.95. The van der Waals surface area contributed by atoms with Gasteiger partial charge in [-0.05, 0) is 43.7 Å². The maximum Gasteiger partial charge on any atom is 0.260 e. The van der Waals surface area contributed by atoms with Crippen molar-refractivity contribution in [1.29, 1.82) is 0 Å². The second-order valence-corrected chi connectivity index (χ2v) is 8.14. The third kappa shape index (κ3) is 4.96. The van der Waals surface area contributed by atoms with E-state index in [0.717, 1.165) is 23.0 Å². The van der Waals surface area contributed by atoms with Crippen LogP contribution in [0.25, 0.3) is 10.2 Å². The van der Waals surface area contributed by atoms with Crippen molar-refractivity contribution in [3.05, 3.63) is 83.4 Å². The number of nitrogens with zero attached hydrogens (tertiary/aromatic N) is 2. The molecule has 0 bridgehead atoms. The maximum atomic E-state index is 14.3. The van der Waals surface area contributed by atoms with Crippen LogP contribution in [-0.4, -0.2) is 24.1 Å². The van der Waals surface area contributed by atoms with E-state index >= 15 is 0 Å². The number of aromatic nitrogens is 1. The molecule has 8 heteroatoms. The van der Waals surface area contributed by atoms with Crippen molar-refractivity contribution in [3.63, 3.8) is 0 Å². The normalized spacial score (nSPS) is 10.9. The molecule has 0 saturated heterocycles. The van der Waals surface area contributed by atoms with E-state index in [0.29, 0.717) is 35.0 Å². The number of thiazole rings is 1. The van der Waals surface area contributed by atoms with Crippen LogP contribution in [0.1, 0.15) is 29.8 Å². The van der Waals surface area contributed by atoms with Gasteiger partial charge in [-0.2, -0.15) is 0 Å². The zero-order valence-electron chi connectivity index (χ0n) is 18.2. The number of halogens is 2. The number of anilines is 1. The molecule has 0 N–H and O–H groups in total. The highest BCUT2D eigenvalue weighted by molar-refractivity contribution is 7.22. The molecule has 3 aromatic carbocycles. The average molecular weight is 469 g/mol. The van der Waals surface area contributed by atoms with Gasteiger partial charge in [0.25, 0.3) is 5.91 Å². The van der Waals surface area contributed by atoms with Crippen molar-refractivity contribution in [2.45, 2.75) is 20.4 Å². The molecule has 1 amide bonds. The Labute approximate surface area is 194 Å². The minimum absolute atomic E-state index is 0.0314. The summed E-state index contributed by atoms with van der Waals surface area (Å²) in [6.07, 6.45) is 0. The first-order valence-corrected chi connectivity index (χ1v) is 11.3. The van der Waals surface area contributed by atoms with Crippen LogP contribution in [0, 0.1) is 11.6 Å². The van der Waals surface area contributed by atoms with E-state index in [1.807, 2.05) is 44.2 Å². The number of amides is 1. The molecule has 0 aliphatic carbocycles. The third-order valence-electron chi connectivity index (χ3n) is 4.85. The molecular weight excluding hydrogens is 446 g/mol. The first-order chi connectivity index (χ1) is 16.0. The monoisotopic (exact) mass is 468 g/mol. The van der Waals surface area contributed by atoms with Crippen molar-refractivity contribution in [2.75, 3.05) is 18.1 Å². The van der Waals surface area contributed by atoms with Crippen molar-refractivity contribution in [3.8, 4) is 11.5 Å². The summed E-state index contributed by atoms with van der Waals surface area (Å²) in [7, 11) is 0. The summed E-state index contributed by atoms with van der Waals surface area (Å²) in [5, 5.41) is 0.273. The van der Waals surface area contributed by atoms with Crippen molar-refractivity contribution in [2.24, 2.45) is 0 Å². The fraction of sp³-hybridized carbons (Fsp3) is 0.200. The Kier molecular flexibility index (Phi) is 6.84. The standard InChI is InChI=1S/C25H22F2N2O3S/c1-3-31-20-11-10-17(12-21(20)32-4-2)24(30)29(15-16-8-6-5-7-9-16)25-28-23-19(27)13-18(26)14-22(23)33-25/h5-14H,3-4,15H2,1-2H3. The lowest BCUT2D eigenvalue weighted by atomic mass is 10.1. The number of carbonyl (C=O) groups excluding carboxylic acids is 1. The van der Waals surface area contributed by atoms with E-state index in [-0.39, 0.29) is 23.1 Å². The summed E-state index contributed by atoms with van der Waals surface area (Å²) >= 11 is 1.06. The molecule has 4 aromatic rings. The smallest absolute Gasteiger partial charge is 0.260 e. The fourth-order valence-corrected chi connectivity index (χ4v) is 4.40. The van der Waals surface area contributed by atoms with Gasteiger partial charge in [-0.15, -0.1) is 0 Å². The van der Waals surface area contributed by atoms with Gasteiger partial charge in [0, 0.05) is 11.6 Å². The van der Waals surface area contributed by atoms with Gasteiger partial charge < -0.3 is 9.47 Å². The largest absolute Gasteiger partial charge is 0.490 e.